The molecule has 3 heterocycles. The second kappa shape index (κ2) is 10.4. The number of carbonyl (C=O) groups excluding carboxylic acids is 2. The van der Waals surface area contributed by atoms with Gasteiger partial charge in [-0.15, -0.1) is 16.4 Å². The second-order valence-electron chi connectivity index (χ2n) is 8.63. The molecule has 2 aromatic heterocycles. The first kappa shape index (κ1) is 23.2. The number of ether oxygens (including phenoxy) is 1. The molecule has 35 heavy (non-hydrogen) atoms. The van der Waals surface area contributed by atoms with Crippen LogP contribution < -0.4 is 10.2 Å². The Morgan fingerprint density at radius 3 is 2.74 bits per heavy atom. The van der Waals surface area contributed by atoms with Crippen molar-refractivity contribution >= 4 is 39.9 Å². The van der Waals surface area contributed by atoms with E-state index in [1.165, 1.54) is 11.3 Å². The molecule has 2 atom stereocenters. The van der Waals surface area contributed by atoms with E-state index in [2.05, 4.69) is 15.6 Å². The monoisotopic (exact) mass is 489 g/mol. The summed E-state index contributed by atoms with van der Waals surface area (Å²) in [7, 11) is 0. The van der Waals surface area contributed by atoms with E-state index < -0.39 is 6.04 Å². The maximum absolute atomic E-state index is 13.9. The summed E-state index contributed by atoms with van der Waals surface area (Å²) in [5.41, 5.74) is 3.20. The van der Waals surface area contributed by atoms with Gasteiger partial charge in [0.2, 0.25) is 11.8 Å². The predicted molar refractivity (Wildman–Crippen MR) is 135 cm³/mol. The molecule has 1 aliphatic rings. The third kappa shape index (κ3) is 5.11. The standard InChI is InChI=1S/C26H27N5O3S/c1-18-10-12-19(13-11-18)31(24(32)17-30-22-8-3-2-7-21(22)28-29-30)25(23-9-5-15-35-23)26(33)27-16-20-6-4-14-34-20/h2-3,5,7-13,15,20,25H,4,6,14,16-17H2,1H3,(H,27,33)/t20-,25+/m0/s1. The van der Waals surface area contributed by atoms with E-state index in [9.17, 15) is 9.59 Å². The minimum Gasteiger partial charge on any atom is -0.376 e. The van der Waals surface area contributed by atoms with Crippen molar-refractivity contribution in [2.45, 2.75) is 38.5 Å². The molecular formula is C26H27N5O3S. The Labute approximate surface area is 207 Å². The zero-order valence-corrected chi connectivity index (χ0v) is 20.3. The van der Waals surface area contributed by atoms with Crippen molar-refractivity contribution in [2.24, 2.45) is 0 Å². The highest BCUT2D eigenvalue weighted by atomic mass is 32.1. The maximum Gasteiger partial charge on any atom is 0.249 e. The number of benzene rings is 2. The fourth-order valence-electron chi connectivity index (χ4n) is 4.32. The summed E-state index contributed by atoms with van der Waals surface area (Å²) in [5, 5.41) is 13.3. The van der Waals surface area contributed by atoms with E-state index in [4.69, 9.17) is 4.74 Å². The third-order valence-electron chi connectivity index (χ3n) is 6.13. The first-order valence-corrected chi connectivity index (χ1v) is 12.6. The lowest BCUT2D eigenvalue weighted by molar-refractivity contribution is -0.127. The largest absolute Gasteiger partial charge is 0.376 e. The van der Waals surface area contributed by atoms with Crippen molar-refractivity contribution in [3.8, 4) is 0 Å². The zero-order valence-electron chi connectivity index (χ0n) is 19.5. The molecule has 0 bridgehead atoms. The Hall–Kier alpha value is -3.56. The van der Waals surface area contributed by atoms with Gasteiger partial charge in [0.1, 0.15) is 18.1 Å². The van der Waals surface area contributed by atoms with Gasteiger partial charge in [0.25, 0.3) is 0 Å². The van der Waals surface area contributed by atoms with Gasteiger partial charge in [-0.3, -0.25) is 14.5 Å². The minimum atomic E-state index is -0.818. The topological polar surface area (TPSA) is 89.4 Å². The van der Waals surface area contributed by atoms with Gasteiger partial charge in [0.15, 0.2) is 0 Å². The maximum atomic E-state index is 13.9. The van der Waals surface area contributed by atoms with Crippen LogP contribution in [0.15, 0.2) is 66.0 Å². The van der Waals surface area contributed by atoms with Crippen molar-refractivity contribution in [2.75, 3.05) is 18.1 Å². The Morgan fingerprint density at radius 2 is 2.00 bits per heavy atom. The average molecular weight is 490 g/mol. The summed E-state index contributed by atoms with van der Waals surface area (Å²) in [5.74, 6) is -0.490. The van der Waals surface area contributed by atoms with Crippen LogP contribution in [0.4, 0.5) is 5.69 Å². The summed E-state index contributed by atoms with van der Waals surface area (Å²) >= 11 is 1.45. The second-order valence-corrected chi connectivity index (χ2v) is 9.61. The van der Waals surface area contributed by atoms with Crippen LogP contribution in [0.25, 0.3) is 11.0 Å². The third-order valence-corrected chi connectivity index (χ3v) is 7.06. The van der Waals surface area contributed by atoms with Crippen LogP contribution in [-0.2, 0) is 20.9 Å². The van der Waals surface area contributed by atoms with Crippen LogP contribution >= 0.6 is 11.3 Å². The lowest BCUT2D eigenvalue weighted by Crippen LogP contribution is -2.46. The molecule has 1 aliphatic heterocycles. The smallest absolute Gasteiger partial charge is 0.249 e. The molecule has 1 N–H and O–H groups in total. The fourth-order valence-corrected chi connectivity index (χ4v) is 5.13. The molecule has 4 aromatic rings. The predicted octanol–water partition coefficient (Wildman–Crippen LogP) is 3.87. The molecule has 2 aromatic carbocycles. The van der Waals surface area contributed by atoms with E-state index in [0.29, 0.717) is 24.4 Å². The van der Waals surface area contributed by atoms with E-state index in [-0.39, 0.29) is 24.5 Å². The Kier molecular flexibility index (Phi) is 6.87. The van der Waals surface area contributed by atoms with E-state index in [1.807, 2.05) is 73.0 Å². The highest BCUT2D eigenvalue weighted by Gasteiger charge is 2.34. The van der Waals surface area contributed by atoms with Gasteiger partial charge in [0, 0.05) is 23.7 Å². The lowest BCUT2D eigenvalue weighted by Gasteiger charge is -2.31. The molecule has 0 unspecified atom stereocenters. The van der Waals surface area contributed by atoms with Gasteiger partial charge < -0.3 is 10.1 Å². The van der Waals surface area contributed by atoms with Gasteiger partial charge in [-0.05, 0) is 55.5 Å². The van der Waals surface area contributed by atoms with Gasteiger partial charge in [-0.2, -0.15) is 0 Å². The van der Waals surface area contributed by atoms with Gasteiger partial charge in [-0.1, -0.05) is 41.1 Å². The Morgan fingerprint density at radius 1 is 1.17 bits per heavy atom. The number of aryl methyl sites for hydroxylation is 1. The molecule has 1 fully saturated rings. The number of hydrogen-bond acceptors (Lipinski definition) is 6. The molecular weight excluding hydrogens is 462 g/mol. The number of aromatic nitrogens is 3. The van der Waals surface area contributed by atoms with Crippen LogP contribution in [0, 0.1) is 6.92 Å². The van der Waals surface area contributed by atoms with Gasteiger partial charge in [-0.25, -0.2) is 4.68 Å². The van der Waals surface area contributed by atoms with Crippen molar-refractivity contribution in [3.63, 3.8) is 0 Å². The SMILES string of the molecule is Cc1ccc(N(C(=O)Cn2nnc3ccccc32)[C@@H](C(=O)NC[C@@H]2CCCO2)c2cccs2)cc1. The van der Waals surface area contributed by atoms with Crippen molar-refractivity contribution < 1.29 is 14.3 Å². The summed E-state index contributed by atoms with van der Waals surface area (Å²) in [4.78, 5) is 29.8. The van der Waals surface area contributed by atoms with Crippen LogP contribution in [-0.4, -0.2) is 46.1 Å². The summed E-state index contributed by atoms with van der Waals surface area (Å²) in [6.45, 7) is 3.08. The molecule has 0 aliphatic carbocycles. The fraction of sp³-hybridized carbons (Fsp3) is 0.308. The molecule has 9 heteroatoms. The molecule has 8 nitrogen and oxygen atoms in total. The zero-order chi connectivity index (χ0) is 24.2. The number of hydrogen-bond donors (Lipinski definition) is 1. The first-order chi connectivity index (χ1) is 17.1. The molecule has 1 saturated heterocycles. The molecule has 0 radical (unpaired) electrons. The molecule has 5 rings (SSSR count). The number of nitrogens with one attached hydrogen (secondary N) is 1. The number of nitrogens with zero attached hydrogens (tertiary/aromatic N) is 4. The minimum absolute atomic E-state index is 0.00738. The number of thiophene rings is 1. The Bertz CT molecular complexity index is 1300. The highest BCUT2D eigenvalue weighted by Crippen LogP contribution is 2.31. The average Bonchev–Trinajstić information content (AvgIpc) is 3.65. The van der Waals surface area contributed by atoms with Gasteiger partial charge in [0.05, 0.1) is 11.6 Å². The number of amides is 2. The number of carbonyl (C=O) groups is 2. The quantitative estimate of drug-likeness (QED) is 0.406. The number of para-hydroxylation sites is 1. The summed E-state index contributed by atoms with van der Waals surface area (Å²) in [6.07, 6.45) is 1.92. The normalized spacial score (nSPS) is 16.3. The molecule has 180 valence electrons. The lowest BCUT2D eigenvalue weighted by atomic mass is 10.1. The van der Waals surface area contributed by atoms with Crippen LogP contribution in [0.3, 0.4) is 0 Å². The highest BCUT2D eigenvalue weighted by molar-refractivity contribution is 7.10. The number of fused-ring (bicyclic) bond motifs is 1. The van der Waals surface area contributed by atoms with Crippen molar-refractivity contribution in [1.29, 1.82) is 0 Å². The van der Waals surface area contributed by atoms with Crippen LogP contribution in [0.2, 0.25) is 0 Å². The molecule has 0 spiro atoms. The summed E-state index contributed by atoms with van der Waals surface area (Å²) in [6, 6.07) is 18.1. The summed E-state index contributed by atoms with van der Waals surface area (Å²) < 4.78 is 7.26. The van der Waals surface area contributed by atoms with Crippen LogP contribution in [0.1, 0.15) is 29.3 Å². The number of anilines is 1. The first-order valence-electron chi connectivity index (χ1n) is 11.7. The molecule has 0 saturated carbocycles. The van der Waals surface area contributed by atoms with Crippen LogP contribution in [0.5, 0.6) is 0 Å². The van der Waals surface area contributed by atoms with E-state index in [0.717, 1.165) is 28.8 Å². The molecule has 2 amide bonds. The van der Waals surface area contributed by atoms with E-state index in [1.54, 1.807) is 9.58 Å². The van der Waals surface area contributed by atoms with Crippen molar-refractivity contribution in [3.05, 3.63) is 76.5 Å². The number of rotatable bonds is 8. The van der Waals surface area contributed by atoms with Gasteiger partial charge >= 0.3 is 0 Å². The van der Waals surface area contributed by atoms with Crippen molar-refractivity contribution in [1.82, 2.24) is 20.3 Å². The van der Waals surface area contributed by atoms with E-state index >= 15 is 0 Å². The Balaban J connectivity index is 1.49.